The first-order valence-electron chi connectivity index (χ1n) is 12.6. The Morgan fingerprint density at radius 3 is 2.38 bits per heavy atom. The smallest absolute Gasteiger partial charge is 0.338 e. The first-order valence-corrected chi connectivity index (χ1v) is 13.0. The number of rotatable bonds is 8. The largest absolute Gasteiger partial charge is 0.493 e. The number of aromatic nitrogens is 2. The third-order valence-corrected chi connectivity index (χ3v) is 7.14. The molecule has 40 heavy (non-hydrogen) atoms. The minimum absolute atomic E-state index is 0.230. The molecule has 0 saturated carbocycles. The molecule has 6 rings (SSSR count). The van der Waals surface area contributed by atoms with Crippen LogP contribution in [0.1, 0.15) is 10.4 Å². The number of benzene rings is 3. The molecule has 4 atom stereocenters. The second-order valence-electron chi connectivity index (χ2n) is 9.28. The van der Waals surface area contributed by atoms with E-state index in [4.69, 9.17) is 40.0 Å². The van der Waals surface area contributed by atoms with E-state index < -0.39 is 24.3 Å². The second-order valence-corrected chi connectivity index (χ2v) is 9.69. The molecule has 0 spiro atoms. The summed E-state index contributed by atoms with van der Waals surface area (Å²) in [6.45, 7) is 0.511. The Balaban J connectivity index is 1.13. The maximum atomic E-state index is 12.5. The Labute approximate surface area is 235 Å². The summed E-state index contributed by atoms with van der Waals surface area (Å²) >= 11 is 6.60. The van der Waals surface area contributed by atoms with Gasteiger partial charge in [-0.1, -0.05) is 29.8 Å². The van der Waals surface area contributed by atoms with E-state index in [1.165, 1.54) is 6.33 Å². The zero-order valence-corrected chi connectivity index (χ0v) is 22.5. The summed E-state index contributed by atoms with van der Waals surface area (Å²) in [7, 11) is 3.15. The molecule has 2 fully saturated rings. The van der Waals surface area contributed by atoms with E-state index in [1.807, 2.05) is 18.2 Å². The lowest BCUT2D eigenvalue weighted by Crippen LogP contribution is -2.36. The van der Waals surface area contributed by atoms with E-state index in [0.717, 1.165) is 5.39 Å². The molecule has 2 aliphatic rings. The lowest BCUT2D eigenvalue weighted by molar-refractivity contribution is -0.0190. The third kappa shape index (κ3) is 5.08. The predicted octanol–water partition coefficient (Wildman–Crippen LogP) is 4.81. The molecule has 11 heteroatoms. The maximum Gasteiger partial charge on any atom is 0.338 e. The molecule has 0 aliphatic carbocycles. The van der Waals surface area contributed by atoms with Crippen LogP contribution in [0, 0.1) is 0 Å². The summed E-state index contributed by atoms with van der Waals surface area (Å²) in [4.78, 5) is 21.2. The normalized spacial score (nSPS) is 21.6. The van der Waals surface area contributed by atoms with E-state index >= 15 is 0 Å². The van der Waals surface area contributed by atoms with Crippen LogP contribution in [0.5, 0.6) is 17.2 Å². The number of anilines is 2. The van der Waals surface area contributed by atoms with Gasteiger partial charge in [-0.15, -0.1) is 0 Å². The van der Waals surface area contributed by atoms with Crippen LogP contribution in [-0.2, 0) is 14.2 Å². The van der Waals surface area contributed by atoms with Gasteiger partial charge in [0.1, 0.15) is 30.1 Å². The number of nitrogens with one attached hydrogen (secondary N) is 1. The van der Waals surface area contributed by atoms with Gasteiger partial charge in [-0.3, -0.25) is 0 Å². The molecule has 10 nitrogen and oxygen atoms in total. The fourth-order valence-electron chi connectivity index (χ4n) is 4.87. The van der Waals surface area contributed by atoms with Gasteiger partial charge in [0.2, 0.25) is 0 Å². The van der Waals surface area contributed by atoms with Gasteiger partial charge in [-0.2, -0.15) is 0 Å². The minimum atomic E-state index is -0.519. The standard InChI is InChI=1S/C29H26ClN3O7/c1-35-22-11-18-20(12-23(22)36-2)31-15-32-28(18)33-17-8-9-21(19(30)10-17)39-24-13-37-27-25(14-38-26(24)27)40-29(34)16-6-4-3-5-7-16/h3-12,15,24-27H,13-14H2,1-2H3,(H,31,32,33)/t24-,25?,26+,27+/m0/s1. The van der Waals surface area contributed by atoms with Gasteiger partial charge in [0, 0.05) is 17.1 Å². The maximum absolute atomic E-state index is 12.5. The van der Waals surface area contributed by atoms with Crippen molar-refractivity contribution in [1.29, 1.82) is 0 Å². The Hall–Kier alpha value is -4.12. The molecule has 0 amide bonds. The van der Waals surface area contributed by atoms with Crippen molar-refractivity contribution in [3.63, 3.8) is 0 Å². The molecular formula is C29H26ClN3O7. The molecule has 0 radical (unpaired) electrons. The molecular weight excluding hydrogens is 538 g/mol. The lowest BCUT2D eigenvalue weighted by Gasteiger charge is -2.19. The van der Waals surface area contributed by atoms with E-state index in [2.05, 4.69) is 15.3 Å². The van der Waals surface area contributed by atoms with Crippen LogP contribution in [0.25, 0.3) is 10.9 Å². The quantitative estimate of drug-likeness (QED) is 0.300. The summed E-state index contributed by atoms with van der Waals surface area (Å²) in [6.07, 6.45) is -0.261. The topological polar surface area (TPSA) is 110 Å². The first kappa shape index (κ1) is 26.1. The van der Waals surface area contributed by atoms with Gasteiger partial charge in [0.05, 0.1) is 43.5 Å². The molecule has 4 aromatic rings. The van der Waals surface area contributed by atoms with Crippen molar-refractivity contribution in [2.45, 2.75) is 24.4 Å². The predicted molar refractivity (Wildman–Crippen MR) is 147 cm³/mol. The molecule has 1 unspecified atom stereocenters. The van der Waals surface area contributed by atoms with Crippen LogP contribution in [0.3, 0.4) is 0 Å². The summed E-state index contributed by atoms with van der Waals surface area (Å²) in [5.74, 6) is 1.79. The lowest BCUT2D eigenvalue weighted by atomic mass is 10.1. The number of hydrogen-bond acceptors (Lipinski definition) is 10. The minimum Gasteiger partial charge on any atom is -0.493 e. The van der Waals surface area contributed by atoms with Gasteiger partial charge < -0.3 is 33.7 Å². The molecule has 206 valence electrons. The van der Waals surface area contributed by atoms with Crippen LogP contribution in [-0.4, -0.2) is 67.8 Å². The first-order chi connectivity index (χ1) is 19.5. The van der Waals surface area contributed by atoms with Crippen molar-refractivity contribution in [2.24, 2.45) is 0 Å². The number of ether oxygens (including phenoxy) is 6. The highest BCUT2D eigenvalue weighted by molar-refractivity contribution is 6.32. The van der Waals surface area contributed by atoms with E-state index in [0.29, 0.717) is 44.9 Å². The Bertz CT molecular complexity index is 1540. The average molecular weight is 564 g/mol. The molecule has 3 heterocycles. The number of hydrogen-bond donors (Lipinski definition) is 1. The highest BCUT2D eigenvalue weighted by Crippen LogP contribution is 2.37. The van der Waals surface area contributed by atoms with Crippen LogP contribution in [0.15, 0.2) is 67.0 Å². The van der Waals surface area contributed by atoms with Crippen molar-refractivity contribution in [1.82, 2.24) is 9.97 Å². The number of esters is 1. The Morgan fingerprint density at radius 1 is 0.900 bits per heavy atom. The number of carbonyl (C=O) groups is 1. The van der Waals surface area contributed by atoms with Crippen LogP contribution < -0.4 is 19.5 Å². The van der Waals surface area contributed by atoms with Gasteiger partial charge in [0.15, 0.2) is 23.7 Å². The summed E-state index contributed by atoms with van der Waals surface area (Å²) in [5.41, 5.74) is 1.88. The van der Waals surface area contributed by atoms with Crippen molar-refractivity contribution in [2.75, 3.05) is 32.8 Å². The van der Waals surface area contributed by atoms with Crippen molar-refractivity contribution < 1.29 is 33.2 Å². The van der Waals surface area contributed by atoms with Crippen LogP contribution in [0.2, 0.25) is 5.02 Å². The fraction of sp³-hybridized carbons (Fsp3) is 0.276. The SMILES string of the molecule is COc1cc2ncnc(Nc3ccc(O[C@H]4CO[C@@H]5C(OC(=O)c6ccccc6)CO[C@H]45)c(Cl)c3)c2cc1OC. The molecule has 1 N–H and O–H groups in total. The van der Waals surface area contributed by atoms with Gasteiger partial charge in [-0.25, -0.2) is 14.8 Å². The highest BCUT2D eigenvalue weighted by Gasteiger charge is 2.50. The average Bonchev–Trinajstić information content (AvgIpc) is 3.57. The van der Waals surface area contributed by atoms with E-state index in [-0.39, 0.29) is 19.3 Å². The number of nitrogens with zero attached hydrogens (tertiary/aromatic N) is 2. The molecule has 1 aromatic heterocycles. The van der Waals surface area contributed by atoms with Crippen molar-refractivity contribution in [3.05, 3.63) is 77.6 Å². The summed E-state index contributed by atoms with van der Waals surface area (Å²) in [6, 6.07) is 17.8. The van der Waals surface area contributed by atoms with Crippen molar-refractivity contribution >= 4 is 40.0 Å². The van der Waals surface area contributed by atoms with E-state index in [9.17, 15) is 4.79 Å². The van der Waals surface area contributed by atoms with Gasteiger partial charge >= 0.3 is 5.97 Å². The Kier molecular flexibility index (Phi) is 7.29. The second kappa shape index (κ2) is 11.2. The number of fused-ring (bicyclic) bond motifs is 2. The zero-order valence-electron chi connectivity index (χ0n) is 21.7. The fourth-order valence-corrected chi connectivity index (χ4v) is 5.09. The summed E-state index contributed by atoms with van der Waals surface area (Å²) < 4.78 is 34.5. The van der Waals surface area contributed by atoms with Gasteiger partial charge in [0.25, 0.3) is 0 Å². The summed E-state index contributed by atoms with van der Waals surface area (Å²) in [5, 5.41) is 4.44. The van der Waals surface area contributed by atoms with Crippen LogP contribution >= 0.6 is 11.6 Å². The highest BCUT2D eigenvalue weighted by atomic mass is 35.5. The Morgan fingerprint density at radius 2 is 1.62 bits per heavy atom. The molecule has 0 bridgehead atoms. The van der Waals surface area contributed by atoms with Crippen LogP contribution in [0.4, 0.5) is 11.5 Å². The van der Waals surface area contributed by atoms with E-state index in [1.54, 1.807) is 56.7 Å². The number of carbonyl (C=O) groups excluding carboxylic acids is 1. The van der Waals surface area contributed by atoms with Gasteiger partial charge in [-0.05, 0) is 36.4 Å². The number of halogens is 1. The monoisotopic (exact) mass is 563 g/mol. The zero-order chi connectivity index (χ0) is 27.6. The molecule has 2 saturated heterocycles. The number of methoxy groups -OCH3 is 2. The molecule has 3 aromatic carbocycles. The van der Waals surface area contributed by atoms with Crippen molar-refractivity contribution in [3.8, 4) is 17.2 Å². The third-order valence-electron chi connectivity index (χ3n) is 6.84. The molecule has 2 aliphatic heterocycles.